The molecule has 3 atom stereocenters. The Balaban J connectivity index is 1.54. The summed E-state index contributed by atoms with van der Waals surface area (Å²) >= 11 is 0. The summed E-state index contributed by atoms with van der Waals surface area (Å²) in [4.78, 5) is 0. The summed E-state index contributed by atoms with van der Waals surface area (Å²) in [6, 6.07) is 5.24. The zero-order valence-corrected chi connectivity index (χ0v) is 32.2. The Bertz CT molecular complexity index is 1160. The highest BCUT2D eigenvalue weighted by atomic mass is 28.4. The van der Waals surface area contributed by atoms with E-state index in [1.54, 1.807) is 5.56 Å². The van der Waals surface area contributed by atoms with Crippen LogP contribution in [0.4, 0.5) is 0 Å². The molecule has 0 amide bonds. The van der Waals surface area contributed by atoms with Gasteiger partial charge in [-0.15, -0.1) is 0 Å². The van der Waals surface area contributed by atoms with E-state index in [-0.39, 0.29) is 10.1 Å². The highest BCUT2D eigenvalue weighted by Gasteiger charge is 2.52. The largest absolute Gasteiger partial charge is 0.543 e. The van der Waals surface area contributed by atoms with E-state index in [4.69, 9.17) is 8.85 Å². The SMILES string of the molecule is C=C(C)[C@@H]1CC[C@@H](CO[Si](C)(C)C(C)(C)C)C[C@H]1c1c(C)cc(C23CC4CC(CC(C4)C2)C3)cc1O[Si](C)(C)C(C)(C)C. The fraction of sp³-hybridized carbons (Fsp3) is 0.795. The van der Waals surface area contributed by atoms with Gasteiger partial charge in [0.15, 0.2) is 8.32 Å². The van der Waals surface area contributed by atoms with E-state index in [1.165, 1.54) is 80.2 Å². The Kier molecular flexibility index (Phi) is 8.92. The van der Waals surface area contributed by atoms with E-state index in [9.17, 15) is 0 Å². The Hall–Kier alpha value is -0.846. The number of aryl methyl sites for hydroxylation is 1. The zero-order valence-electron chi connectivity index (χ0n) is 30.2. The van der Waals surface area contributed by atoms with Crippen LogP contribution in [0.25, 0.3) is 0 Å². The first-order valence-electron chi connectivity index (χ1n) is 17.8. The van der Waals surface area contributed by atoms with Crippen molar-refractivity contribution in [1.29, 1.82) is 0 Å². The first-order chi connectivity index (χ1) is 19.7. The minimum absolute atomic E-state index is 0.161. The molecule has 5 fully saturated rings. The fourth-order valence-corrected chi connectivity index (χ4v) is 11.5. The highest BCUT2D eigenvalue weighted by molar-refractivity contribution is 6.75. The van der Waals surface area contributed by atoms with E-state index in [2.05, 4.69) is 100 Å². The third-order valence-corrected chi connectivity index (χ3v) is 22.5. The van der Waals surface area contributed by atoms with Crippen molar-refractivity contribution in [1.82, 2.24) is 0 Å². The lowest BCUT2D eigenvalue weighted by molar-refractivity contribution is -0.00529. The summed E-state index contributed by atoms with van der Waals surface area (Å²) in [6.07, 6.45) is 12.3. The molecule has 43 heavy (non-hydrogen) atoms. The smallest absolute Gasteiger partial charge is 0.250 e. The predicted octanol–water partition coefficient (Wildman–Crippen LogP) is 11.9. The minimum atomic E-state index is -2.04. The highest BCUT2D eigenvalue weighted by Crippen LogP contribution is 2.62. The Labute approximate surface area is 268 Å². The van der Waals surface area contributed by atoms with Crippen LogP contribution in [0, 0.1) is 36.5 Å². The number of hydrogen-bond acceptors (Lipinski definition) is 2. The molecule has 0 saturated heterocycles. The van der Waals surface area contributed by atoms with E-state index < -0.39 is 16.6 Å². The molecule has 4 bridgehead atoms. The Morgan fingerprint density at radius 1 is 0.837 bits per heavy atom. The molecule has 242 valence electrons. The van der Waals surface area contributed by atoms with Gasteiger partial charge in [0.2, 0.25) is 8.32 Å². The van der Waals surface area contributed by atoms with E-state index in [0.29, 0.717) is 23.2 Å². The molecule has 0 aromatic heterocycles. The topological polar surface area (TPSA) is 18.5 Å². The average Bonchev–Trinajstić information content (AvgIpc) is 2.85. The van der Waals surface area contributed by atoms with Crippen molar-refractivity contribution in [2.75, 3.05) is 6.61 Å². The molecule has 2 nitrogen and oxygen atoms in total. The molecule has 5 saturated carbocycles. The number of hydrogen-bond donors (Lipinski definition) is 0. The van der Waals surface area contributed by atoms with Crippen molar-refractivity contribution in [2.45, 2.75) is 161 Å². The fourth-order valence-electron chi connectivity index (χ4n) is 9.38. The number of rotatable bonds is 8. The molecule has 0 N–H and O–H groups in total. The molecule has 0 radical (unpaired) electrons. The van der Waals surface area contributed by atoms with Crippen molar-refractivity contribution in [3.8, 4) is 5.75 Å². The van der Waals surface area contributed by atoms with E-state index in [1.807, 2.05) is 0 Å². The van der Waals surface area contributed by atoms with E-state index in [0.717, 1.165) is 24.4 Å². The van der Waals surface area contributed by atoms with Crippen LogP contribution in [0.5, 0.6) is 5.75 Å². The summed E-state index contributed by atoms with van der Waals surface area (Å²) in [5, 5.41) is 0.407. The Morgan fingerprint density at radius 2 is 1.37 bits per heavy atom. The monoisotopic (exact) mass is 622 g/mol. The van der Waals surface area contributed by atoms with Crippen LogP contribution in [-0.4, -0.2) is 23.2 Å². The summed E-state index contributed by atoms with van der Waals surface area (Å²) < 4.78 is 14.3. The van der Waals surface area contributed by atoms with Crippen LogP contribution in [0.2, 0.25) is 36.3 Å². The Morgan fingerprint density at radius 3 is 1.86 bits per heavy atom. The number of benzene rings is 1. The normalized spacial score (nSPS) is 33.1. The van der Waals surface area contributed by atoms with Gasteiger partial charge < -0.3 is 8.85 Å². The molecule has 0 spiro atoms. The van der Waals surface area contributed by atoms with Crippen molar-refractivity contribution >= 4 is 16.6 Å². The van der Waals surface area contributed by atoms with Gasteiger partial charge in [0.1, 0.15) is 5.75 Å². The lowest BCUT2D eigenvalue weighted by atomic mass is 9.48. The second kappa shape index (κ2) is 11.4. The van der Waals surface area contributed by atoms with E-state index >= 15 is 0 Å². The van der Waals surface area contributed by atoms with Crippen LogP contribution in [0.15, 0.2) is 24.3 Å². The minimum Gasteiger partial charge on any atom is -0.543 e. The third-order valence-electron chi connectivity index (χ3n) is 13.6. The van der Waals surface area contributed by atoms with Crippen LogP contribution in [-0.2, 0) is 9.84 Å². The van der Waals surface area contributed by atoms with Gasteiger partial charge >= 0.3 is 0 Å². The summed E-state index contributed by atoms with van der Waals surface area (Å²) in [6.45, 7) is 34.1. The maximum atomic E-state index is 7.44. The van der Waals surface area contributed by atoms with Crippen molar-refractivity contribution in [2.24, 2.45) is 29.6 Å². The molecule has 0 unspecified atom stereocenters. The van der Waals surface area contributed by atoms with Gasteiger partial charge in [-0.05, 0) is 172 Å². The molecule has 0 aliphatic heterocycles. The van der Waals surface area contributed by atoms with Gasteiger partial charge in [0.05, 0.1) is 0 Å². The summed E-state index contributed by atoms with van der Waals surface area (Å²) in [5.41, 5.74) is 6.31. The van der Waals surface area contributed by atoms with Gasteiger partial charge in [-0.25, -0.2) is 0 Å². The van der Waals surface area contributed by atoms with Gasteiger partial charge in [-0.3, -0.25) is 0 Å². The average molecular weight is 623 g/mol. The van der Waals surface area contributed by atoms with Gasteiger partial charge in [0, 0.05) is 6.61 Å². The van der Waals surface area contributed by atoms with Crippen LogP contribution in [0.3, 0.4) is 0 Å². The first kappa shape index (κ1) is 33.5. The van der Waals surface area contributed by atoms with Crippen molar-refractivity contribution in [3.05, 3.63) is 41.0 Å². The maximum absolute atomic E-state index is 7.44. The van der Waals surface area contributed by atoms with Gasteiger partial charge in [0.25, 0.3) is 0 Å². The van der Waals surface area contributed by atoms with Crippen LogP contribution >= 0.6 is 0 Å². The van der Waals surface area contributed by atoms with Crippen LogP contribution < -0.4 is 4.43 Å². The molecule has 0 heterocycles. The van der Waals surface area contributed by atoms with Gasteiger partial charge in [-0.2, -0.15) is 0 Å². The maximum Gasteiger partial charge on any atom is 0.250 e. The lowest BCUT2D eigenvalue weighted by Gasteiger charge is -2.57. The molecular weight excluding hydrogens is 557 g/mol. The molecule has 5 aliphatic rings. The quantitative estimate of drug-likeness (QED) is 0.212. The first-order valence-corrected chi connectivity index (χ1v) is 23.7. The molecule has 5 aliphatic carbocycles. The molecule has 1 aromatic carbocycles. The van der Waals surface area contributed by atoms with Gasteiger partial charge in [-0.1, -0.05) is 59.8 Å². The predicted molar refractivity (Wildman–Crippen MR) is 190 cm³/mol. The summed E-state index contributed by atoms with van der Waals surface area (Å²) in [7, 11) is -3.83. The molecular formula is C39H66O2Si2. The second-order valence-electron chi connectivity index (χ2n) is 19.1. The van der Waals surface area contributed by atoms with Crippen molar-refractivity contribution in [3.63, 3.8) is 0 Å². The molecule has 1 aromatic rings. The summed E-state index contributed by atoms with van der Waals surface area (Å²) in [5.74, 6) is 5.63. The standard InChI is InChI=1S/C39H66O2Si2/c1-26(2)33-15-14-28(25-40-42(10,11)37(4,5)6)20-34(33)36-27(3)16-32(21-35(36)41-43(12,13)38(7,8)9)39-22-29-17-30(23-39)19-31(18-29)24-39/h16,21,28-31,33-34H,1,14-15,17-20,22-25H2,2-13H3/t28-,29?,30?,31?,33+,34-,39?/m1/s1. The van der Waals surface area contributed by atoms with Crippen LogP contribution in [0.1, 0.15) is 129 Å². The number of allylic oxidation sites excluding steroid dienone is 1. The molecule has 4 heteroatoms. The molecule has 6 rings (SSSR count). The zero-order chi connectivity index (χ0) is 31.8. The second-order valence-corrected chi connectivity index (χ2v) is 28.6. The lowest BCUT2D eigenvalue weighted by Crippen LogP contribution is -2.48. The van der Waals surface area contributed by atoms with Crippen molar-refractivity contribution < 1.29 is 8.85 Å². The third kappa shape index (κ3) is 6.55.